The minimum Gasteiger partial charge on any atom is -0.475 e. The lowest BCUT2D eigenvalue weighted by atomic mass is 10.1. The first-order chi connectivity index (χ1) is 8.56. The molecular weight excluding hydrogens is 236 g/mol. The smallest absolute Gasteiger partial charge is 0.371 e. The molecule has 1 aliphatic heterocycles. The van der Waals surface area contributed by atoms with E-state index in [2.05, 4.69) is 10.6 Å². The summed E-state index contributed by atoms with van der Waals surface area (Å²) in [5, 5.41) is 14.9. The molecular formula is C12H16N2O4. The van der Waals surface area contributed by atoms with Gasteiger partial charge in [-0.1, -0.05) is 0 Å². The molecule has 0 aliphatic carbocycles. The fourth-order valence-corrected chi connectivity index (χ4v) is 2.01. The number of carboxylic acids is 1. The molecule has 1 saturated heterocycles. The van der Waals surface area contributed by atoms with Gasteiger partial charge in [-0.15, -0.1) is 0 Å². The molecule has 0 bridgehead atoms. The Morgan fingerprint density at radius 3 is 2.94 bits per heavy atom. The number of carboxylic acid groups (broad SMARTS) is 1. The van der Waals surface area contributed by atoms with Gasteiger partial charge in [0.25, 0.3) is 0 Å². The van der Waals surface area contributed by atoms with Crippen LogP contribution in [0.25, 0.3) is 0 Å². The Morgan fingerprint density at radius 1 is 1.61 bits per heavy atom. The molecule has 1 aromatic heterocycles. The minimum atomic E-state index is -1.07. The van der Waals surface area contributed by atoms with Crippen molar-refractivity contribution >= 4 is 11.9 Å². The average Bonchev–Trinajstić information content (AvgIpc) is 2.81. The summed E-state index contributed by atoms with van der Waals surface area (Å²) >= 11 is 0. The molecule has 6 heteroatoms. The number of piperidine rings is 1. The summed E-state index contributed by atoms with van der Waals surface area (Å²) in [5.74, 6) is -0.467. The van der Waals surface area contributed by atoms with E-state index in [0.29, 0.717) is 18.7 Å². The van der Waals surface area contributed by atoms with Gasteiger partial charge in [0.05, 0.1) is 6.04 Å². The number of rotatable bonds is 4. The predicted molar refractivity (Wildman–Crippen MR) is 63.2 cm³/mol. The molecule has 3 N–H and O–H groups in total. The normalized spacial score (nSPS) is 21.4. The van der Waals surface area contributed by atoms with Gasteiger partial charge >= 0.3 is 5.97 Å². The maximum atomic E-state index is 11.0. The van der Waals surface area contributed by atoms with Gasteiger partial charge in [-0.05, 0) is 25.5 Å². The van der Waals surface area contributed by atoms with Crippen LogP contribution in [-0.2, 0) is 4.79 Å². The highest BCUT2D eigenvalue weighted by molar-refractivity contribution is 5.84. The molecule has 0 aromatic carbocycles. The van der Waals surface area contributed by atoms with Crippen LogP contribution in [0, 0.1) is 0 Å². The van der Waals surface area contributed by atoms with Crippen molar-refractivity contribution in [3.05, 3.63) is 23.7 Å². The molecule has 0 saturated carbocycles. The molecule has 2 unspecified atom stereocenters. The summed E-state index contributed by atoms with van der Waals surface area (Å²) < 4.78 is 5.22. The van der Waals surface area contributed by atoms with Gasteiger partial charge in [-0.25, -0.2) is 4.79 Å². The van der Waals surface area contributed by atoms with Crippen molar-refractivity contribution in [2.24, 2.45) is 0 Å². The van der Waals surface area contributed by atoms with Gasteiger partial charge in [0.2, 0.25) is 11.7 Å². The fourth-order valence-electron chi connectivity index (χ4n) is 2.01. The van der Waals surface area contributed by atoms with Crippen LogP contribution in [0.1, 0.15) is 42.1 Å². The summed E-state index contributed by atoms with van der Waals surface area (Å²) in [7, 11) is 0. The standard InChI is InChI=1S/C12H16N2O4/c1-7(9-3-4-10(18-9)12(16)17)14-8-2-5-11(15)13-6-8/h3-4,7-8,14H,2,5-6H2,1H3,(H,13,15)(H,16,17). The van der Waals surface area contributed by atoms with Crippen molar-refractivity contribution in [3.63, 3.8) is 0 Å². The van der Waals surface area contributed by atoms with Crippen molar-refractivity contribution in [2.45, 2.75) is 31.8 Å². The van der Waals surface area contributed by atoms with Crippen LogP contribution >= 0.6 is 0 Å². The van der Waals surface area contributed by atoms with Crippen LogP contribution in [-0.4, -0.2) is 29.6 Å². The van der Waals surface area contributed by atoms with Gasteiger partial charge < -0.3 is 20.2 Å². The quantitative estimate of drug-likeness (QED) is 0.740. The highest BCUT2D eigenvalue weighted by atomic mass is 16.4. The molecule has 2 heterocycles. The van der Waals surface area contributed by atoms with Gasteiger partial charge in [0.1, 0.15) is 5.76 Å². The van der Waals surface area contributed by atoms with E-state index in [1.54, 1.807) is 6.07 Å². The lowest BCUT2D eigenvalue weighted by Gasteiger charge is -2.26. The van der Waals surface area contributed by atoms with Crippen molar-refractivity contribution in [3.8, 4) is 0 Å². The molecule has 0 radical (unpaired) electrons. The van der Waals surface area contributed by atoms with Crippen LogP contribution < -0.4 is 10.6 Å². The Morgan fingerprint density at radius 2 is 2.39 bits per heavy atom. The third-order valence-electron chi connectivity index (χ3n) is 3.02. The zero-order chi connectivity index (χ0) is 13.1. The summed E-state index contributed by atoms with van der Waals surface area (Å²) in [4.78, 5) is 21.7. The molecule has 1 aliphatic rings. The van der Waals surface area contributed by atoms with E-state index < -0.39 is 5.97 Å². The highest BCUT2D eigenvalue weighted by Gasteiger charge is 2.21. The van der Waals surface area contributed by atoms with E-state index in [9.17, 15) is 9.59 Å². The summed E-state index contributed by atoms with van der Waals surface area (Å²) in [6, 6.07) is 3.20. The fraction of sp³-hybridized carbons (Fsp3) is 0.500. The lowest BCUT2D eigenvalue weighted by Crippen LogP contribution is -2.46. The molecule has 6 nitrogen and oxygen atoms in total. The molecule has 0 spiro atoms. The summed E-state index contributed by atoms with van der Waals surface area (Å²) in [6.45, 7) is 2.50. The first kappa shape index (κ1) is 12.6. The van der Waals surface area contributed by atoms with Crippen molar-refractivity contribution in [1.82, 2.24) is 10.6 Å². The van der Waals surface area contributed by atoms with Crippen LogP contribution in [0.15, 0.2) is 16.5 Å². The van der Waals surface area contributed by atoms with Crippen molar-refractivity contribution < 1.29 is 19.1 Å². The zero-order valence-corrected chi connectivity index (χ0v) is 10.1. The Labute approximate surface area is 104 Å². The molecule has 1 aromatic rings. The number of amides is 1. The number of nitrogens with one attached hydrogen (secondary N) is 2. The van der Waals surface area contributed by atoms with Crippen LogP contribution in [0.4, 0.5) is 0 Å². The molecule has 1 fully saturated rings. The Kier molecular flexibility index (Phi) is 3.66. The Balaban J connectivity index is 1.92. The number of hydrogen-bond acceptors (Lipinski definition) is 4. The molecule has 18 heavy (non-hydrogen) atoms. The van der Waals surface area contributed by atoms with E-state index in [-0.39, 0.29) is 23.8 Å². The Hall–Kier alpha value is -1.82. The molecule has 2 rings (SSSR count). The van der Waals surface area contributed by atoms with Crippen LogP contribution in [0.5, 0.6) is 0 Å². The monoisotopic (exact) mass is 252 g/mol. The summed E-state index contributed by atoms with van der Waals surface area (Å²) in [6.07, 6.45) is 1.30. The van der Waals surface area contributed by atoms with Crippen molar-refractivity contribution in [2.75, 3.05) is 6.54 Å². The second-order valence-corrected chi connectivity index (χ2v) is 4.44. The van der Waals surface area contributed by atoms with Gasteiger partial charge in [0, 0.05) is 19.0 Å². The van der Waals surface area contributed by atoms with Crippen LogP contribution in [0.2, 0.25) is 0 Å². The molecule has 1 amide bonds. The number of carbonyl (C=O) groups is 2. The number of carbonyl (C=O) groups excluding carboxylic acids is 1. The predicted octanol–water partition coefficient (Wildman–Crippen LogP) is 0.907. The minimum absolute atomic E-state index is 0.0596. The zero-order valence-electron chi connectivity index (χ0n) is 10.1. The largest absolute Gasteiger partial charge is 0.475 e. The van der Waals surface area contributed by atoms with Crippen molar-refractivity contribution in [1.29, 1.82) is 0 Å². The van der Waals surface area contributed by atoms with E-state index in [1.807, 2.05) is 6.92 Å². The number of hydrogen-bond donors (Lipinski definition) is 3. The summed E-state index contributed by atoms with van der Waals surface area (Å²) in [5.41, 5.74) is 0. The number of furan rings is 1. The first-order valence-corrected chi connectivity index (χ1v) is 5.92. The topological polar surface area (TPSA) is 91.6 Å². The SMILES string of the molecule is CC(NC1CCC(=O)NC1)c1ccc(C(=O)O)o1. The van der Waals surface area contributed by atoms with E-state index in [4.69, 9.17) is 9.52 Å². The average molecular weight is 252 g/mol. The highest BCUT2D eigenvalue weighted by Crippen LogP contribution is 2.18. The Bertz CT molecular complexity index is 445. The van der Waals surface area contributed by atoms with Gasteiger partial charge in [-0.2, -0.15) is 0 Å². The number of aromatic carboxylic acids is 1. The first-order valence-electron chi connectivity index (χ1n) is 5.92. The van der Waals surface area contributed by atoms with E-state index in [0.717, 1.165) is 6.42 Å². The van der Waals surface area contributed by atoms with Gasteiger partial charge in [0.15, 0.2) is 0 Å². The maximum Gasteiger partial charge on any atom is 0.371 e. The van der Waals surface area contributed by atoms with Crippen LogP contribution in [0.3, 0.4) is 0 Å². The second kappa shape index (κ2) is 5.22. The molecule has 98 valence electrons. The van der Waals surface area contributed by atoms with E-state index in [1.165, 1.54) is 6.07 Å². The molecule has 2 atom stereocenters. The van der Waals surface area contributed by atoms with Gasteiger partial charge in [-0.3, -0.25) is 4.79 Å². The third kappa shape index (κ3) is 2.89. The maximum absolute atomic E-state index is 11.0. The van der Waals surface area contributed by atoms with E-state index >= 15 is 0 Å². The second-order valence-electron chi connectivity index (χ2n) is 4.44. The third-order valence-corrected chi connectivity index (χ3v) is 3.02. The lowest BCUT2D eigenvalue weighted by molar-refractivity contribution is -0.122.